The number of hydrogen-bond donors (Lipinski definition) is 0. The van der Waals surface area contributed by atoms with Crippen LogP contribution in [0.5, 0.6) is 5.75 Å². The Labute approximate surface area is 211 Å². The number of nitrogens with zero attached hydrogens (tertiary/aromatic N) is 5. The fourth-order valence-corrected chi connectivity index (χ4v) is 5.04. The van der Waals surface area contributed by atoms with Gasteiger partial charge in [0.2, 0.25) is 5.95 Å². The fourth-order valence-electron chi connectivity index (χ4n) is 4.57. The molecule has 0 unspecified atom stereocenters. The summed E-state index contributed by atoms with van der Waals surface area (Å²) in [7, 11) is 1.63. The number of anilines is 2. The van der Waals surface area contributed by atoms with Crippen LogP contribution in [-0.4, -0.2) is 31.8 Å². The number of hydrogen-bond acceptors (Lipinski definition) is 5. The lowest BCUT2D eigenvalue weighted by Crippen LogP contribution is -2.40. The third-order valence-corrected chi connectivity index (χ3v) is 6.83. The monoisotopic (exact) mass is 513 g/mol. The highest BCUT2D eigenvalue weighted by molar-refractivity contribution is 6.35. The molecule has 10 heteroatoms. The highest BCUT2D eigenvalue weighted by Crippen LogP contribution is 2.33. The summed E-state index contributed by atoms with van der Waals surface area (Å²) in [6.45, 7) is 6.06. The molecule has 0 N–H and O–H groups in total. The predicted molar refractivity (Wildman–Crippen MR) is 139 cm³/mol. The minimum Gasteiger partial charge on any atom is -0.494 e. The summed E-state index contributed by atoms with van der Waals surface area (Å²) in [5.41, 5.74) is 1.48. The lowest BCUT2D eigenvalue weighted by atomic mass is 10.1. The summed E-state index contributed by atoms with van der Waals surface area (Å²) in [5.74, 6) is 1.68. The Morgan fingerprint density at radius 1 is 1.09 bits per heavy atom. The molecule has 5 rings (SSSR count). The van der Waals surface area contributed by atoms with Crippen molar-refractivity contribution >= 4 is 46.0 Å². The molecule has 3 heterocycles. The second kappa shape index (κ2) is 9.09. The predicted octanol–water partition coefficient (Wildman–Crippen LogP) is 4.44. The Morgan fingerprint density at radius 3 is 2.51 bits per heavy atom. The molecule has 0 saturated heterocycles. The van der Waals surface area contributed by atoms with E-state index in [9.17, 15) is 9.59 Å². The minimum absolute atomic E-state index is 0.0378. The molecular weight excluding hydrogens is 489 g/mol. The van der Waals surface area contributed by atoms with Crippen molar-refractivity contribution < 1.29 is 4.74 Å². The average Bonchev–Trinajstić information content (AvgIpc) is 3.21. The third-order valence-electron chi connectivity index (χ3n) is 6.25. The fraction of sp³-hybridized carbons (Fsp3) is 0.320. The Morgan fingerprint density at radius 2 is 1.83 bits per heavy atom. The van der Waals surface area contributed by atoms with Gasteiger partial charge >= 0.3 is 5.69 Å². The van der Waals surface area contributed by atoms with Gasteiger partial charge < -0.3 is 14.2 Å². The molecule has 0 fully saturated rings. The molecular formula is C25H25Cl2N5O3. The van der Waals surface area contributed by atoms with Crippen LogP contribution in [0.3, 0.4) is 0 Å². The van der Waals surface area contributed by atoms with Crippen molar-refractivity contribution in [2.45, 2.75) is 26.9 Å². The topological polar surface area (TPSA) is 74.3 Å². The van der Waals surface area contributed by atoms with Gasteiger partial charge in [0.05, 0.1) is 13.2 Å². The SMILES string of the molecule is CCOc1ccc(N2C[C@H](C)Cn3c2nc2c3c(=O)n(Cc3ccc(Cl)cc3Cl)c(=O)n2C)cc1. The van der Waals surface area contributed by atoms with Crippen LogP contribution in [-0.2, 0) is 20.1 Å². The first kappa shape index (κ1) is 23.5. The molecule has 0 amide bonds. The van der Waals surface area contributed by atoms with Crippen LogP contribution < -0.4 is 20.9 Å². The standard InChI is InChI=1S/C25H25Cl2N5O3/c1-4-35-19-9-7-18(8-10-19)30-12-15(2)13-31-21-22(28-24(30)31)29(3)25(34)32(23(21)33)14-16-5-6-17(26)11-20(16)27/h5-11,15H,4,12-14H2,1-3H3/t15-/m0/s1. The van der Waals surface area contributed by atoms with Crippen molar-refractivity contribution in [2.24, 2.45) is 13.0 Å². The van der Waals surface area contributed by atoms with Crippen LogP contribution in [0.1, 0.15) is 19.4 Å². The maximum absolute atomic E-state index is 13.7. The lowest BCUT2D eigenvalue weighted by Gasteiger charge is -2.33. The number of aryl methyl sites for hydroxylation is 1. The summed E-state index contributed by atoms with van der Waals surface area (Å²) < 4.78 is 10.1. The zero-order valence-corrected chi connectivity index (χ0v) is 21.2. The largest absolute Gasteiger partial charge is 0.494 e. The number of imidazole rings is 1. The Balaban J connectivity index is 1.66. The number of halogens is 2. The number of ether oxygens (including phenoxy) is 1. The molecule has 0 saturated carbocycles. The van der Waals surface area contributed by atoms with Crippen molar-refractivity contribution in [3.8, 4) is 5.75 Å². The molecule has 1 aliphatic heterocycles. The van der Waals surface area contributed by atoms with Gasteiger partial charge in [-0.3, -0.25) is 13.9 Å². The van der Waals surface area contributed by atoms with E-state index in [4.69, 9.17) is 32.9 Å². The van der Waals surface area contributed by atoms with Gasteiger partial charge in [0.15, 0.2) is 11.2 Å². The van der Waals surface area contributed by atoms with E-state index < -0.39 is 11.2 Å². The number of benzene rings is 2. The number of rotatable bonds is 5. The highest BCUT2D eigenvalue weighted by Gasteiger charge is 2.30. The summed E-state index contributed by atoms with van der Waals surface area (Å²) in [4.78, 5) is 33.7. The molecule has 0 radical (unpaired) electrons. The molecule has 0 spiro atoms. The zero-order valence-electron chi connectivity index (χ0n) is 19.7. The number of fused-ring (bicyclic) bond motifs is 3. The van der Waals surface area contributed by atoms with Crippen molar-refractivity contribution in [1.82, 2.24) is 18.7 Å². The molecule has 2 aromatic carbocycles. The normalized spacial score (nSPS) is 15.5. The first-order valence-electron chi connectivity index (χ1n) is 11.4. The van der Waals surface area contributed by atoms with Gasteiger partial charge in [0, 0.05) is 35.9 Å². The van der Waals surface area contributed by atoms with Crippen LogP contribution in [0.2, 0.25) is 10.0 Å². The van der Waals surface area contributed by atoms with Crippen molar-refractivity contribution in [3.63, 3.8) is 0 Å². The van der Waals surface area contributed by atoms with Crippen LogP contribution in [0.15, 0.2) is 52.1 Å². The van der Waals surface area contributed by atoms with Crippen molar-refractivity contribution in [3.05, 3.63) is 78.9 Å². The Kier molecular flexibility index (Phi) is 6.11. The minimum atomic E-state index is -0.454. The molecule has 35 heavy (non-hydrogen) atoms. The summed E-state index contributed by atoms with van der Waals surface area (Å²) in [6.07, 6.45) is 0. The Hall–Kier alpha value is -3.23. The van der Waals surface area contributed by atoms with Crippen molar-refractivity contribution in [1.29, 1.82) is 0 Å². The molecule has 2 aromatic heterocycles. The maximum Gasteiger partial charge on any atom is 0.332 e. The van der Waals surface area contributed by atoms with E-state index in [1.54, 1.807) is 25.2 Å². The van der Waals surface area contributed by atoms with E-state index in [2.05, 4.69) is 11.8 Å². The van der Waals surface area contributed by atoms with Crippen LogP contribution in [0.4, 0.5) is 11.6 Å². The molecule has 8 nitrogen and oxygen atoms in total. The first-order chi connectivity index (χ1) is 16.8. The molecule has 1 aliphatic rings. The van der Waals surface area contributed by atoms with Crippen molar-refractivity contribution in [2.75, 3.05) is 18.1 Å². The van der Waals surface area contributed by atoms with Gasteiger partial charge in [-0.05, 0) is 54.8 Å². The average molecular weight is 514 g/mol. The quantitative estimate of drug-likeness (QED) is 0.394. The zero-order chi connectivity index (χ0) is 24.9. The van der Waals surface area contributed by atoms with Crippen LogP contribution in [0, 0.1) is 5.92 Å². The summed E-state index contributed by atoms with van der Waals surface area (Å²) >= 11 is 12.3. The van der Waals surface area contributed by atoms with Gasteiger partial charge in [0.25, 0.3) is 5.56 Å². The van der Waals surface area contributed by atoms with Crippen LogP contribution >= 0.6 is 23.2 Å². The molecule has 1 atom stereocenters. The second-order valence-corrected chi connectivity index (χ2v) is 9.65. The maximum atomic E-state index is 13.7. The molecule has 182 valence electrons. The molecule has 0 bridgehead atoms. The Bertz CT molecular complexity index is 1540. The van der Waals surface area contributed by atoms with E-state index in [0.717, 1.165) is 18.0 Å². The molecule has 0 aliphatic carbocycles. The van der Waals surface area contributed by atoms with Gasteiger partial charge in [-0.2, -0.15) is 4.98 Å². The summed E-state index contributed by atoms with van der Waals surface area (Å²) in [5, 5.41) is 0.889. The first-order valence-corrected chi connectivity index (χ1v) is 12.2. The van der Waals surface area contributed by atoms with E-state index in [1.807, 2.05) is 35.8 Å². The molecule has 4 aromatic rings. The second-order valence-electron chi connectivity index (χ2n) is 8.81. The number of aromatic nitrogens is 4. The highest BCUT2D eigenvalue weighted by atomic mass is 35.5. The summed E-state index contributed by atoms with van der Waals surface area (Å²) in [6, 6.07) is 12.8. The van der Waals surface area contributed by atoms with E-state index >= 15 is 0 Å². The van der Waals surface area contributed by atoms with E-state index in [-0.39, 0.29) is 12.5 Å². The van der Waals surface area contributed by atoms with Crippen LogP contribution in [0.25, 0.3) is 11.2 Å². The third kappa shape index (κ3) is 4.10. The smallest absolute Gasteiger partial charge is 0.332 e. The van der Waals surface area contributed by atoms with Gasteiger partial charge in [0.1, 0.15) is 5.75 Å². The van der Waals surface area contributed by atoms with E-state index in [1.165, 1.54) is 9.13 Å². The van der Waals surface area contributed by atoms with E-state index in [0.29, 0.717) is 45.9 Å². The van der Waals surface area contributed by atoms with Gasteiger partial charge in [-0.1, -0.05) is 36.2 Å². The lowest BCUT2D eigenvalue weighted by molar-refractivity contribution is 0.340. The van der Waals surface area contributed by atoms with Gasteiger partial charge in [-0.25, -0.2) is 4.79 Å². The van der Waals surface area contributed by atoms with Gasteiger partial charge in [-0.15, -0.1) is 0 Å².